The molecule has 0 radical (unpaired) electrons. The molecule has 4 rings (SSSR count). The largest absolute Gasteiger partial charge is 0.459 e. The molecule has 4 fully saturated rings. The van der Waals surface area contributed by atoms with Gasteiger partial charge in [0.05, 0.1) is 18.6 Å². The Balaban J connectivity index is 1.44. The molecule has 2 heterocycles. The topological polar surface area (TPSA) is 109 Å². The summed E-state index contributed by atoms with van der Waals surface area (Å²) >= 11 is 0. The number of hydrogen-bond donors (Lipinski definition) is 3. The van der Waals surface area contributed by atoms with Crippen LogP contribution in [0.15, 0.2) is 23.8 Å². The van der Waals surface area contributed by atoms with Crippen LogP contribution in [0.2, 0.25) is 0 Å². The van der Waals surface area contributed by atoms with Gasteiger partial charge in [-0.15, -0.1) is 0 Å². The molecule has 0 aromatic heterocycles. The van der Waals surface area contributed by atoms with Crippen molar-refractivity contribution in [1.29, 1.82) is 0 Å². The van der Waals surface area contributed by atoms with E-state index in [0.29, 0.717) is 30.9 Å². The lowest BCUT2D eigenvalue weighted by Crippen LogP contribution is -2.64. The van der Waals surface area contributed by atoms with Crippen LogP contribution in [0.4, 0.5) is 0 Å². The molecule has 4 aliphatic rings. The van der Waals surface area contributed by atoms with Crippen molar-refractivity contribution < 1.29 is 34.3 Å². The summed E-state index contributed by atoms with van der Waals surface area (Å²) in [4.78, 5) is 13.3. The van der Waals surface area contributed by atoms with E-state index in [1.165, 1.54) is 6.42 Å². The summed E-state index contributed by atoms with van der Waals surface area (Å²) in [6.07, 6.45) is 7.38. The number of rotatable bonds is 11. The average Bonchev–Trinajstić information content (AvgIpc) is 3.59. The van der Waals surface area contributed by atoms with E-state index < -0.39 is 41.6 Å². The number of carbonyl (C=O) groups is 1. The van der Waals surface area contributed by atoms with Gasteiger partial charge in [0.15, 0.2) is 0 Å². The normalized spacial score (nSPS) is 41.3. The number of unbranched alkanes of at least 4 members (excludes halogenated alkanes) is 3. The van der Waals surface area contributed by atoms with Crippen molar-refractivity contribution in [3.63, 3.8) is 0 Å². The Morgan fingerprint density at radius 2 is 2.03 bits per heavy atom. The molecule has 0 aromatic carbocycles. The van der Waals surface area contributed by atoms with Crippen LogP contribution < -0.4 is 0 Å². The number of fused-ring (bicyclic) bond motifs is 2. The van der Waals surface area contributed by atoms with Gasteiger partial charge in [-0.25, -0.2) is 0 Å². The monoisotopic (exact) mass is 520 g/mol. The highest BCUT2D eigenvalue weighted by molar-refractivity contribution is 5.73. The number of esters is 1. The van der Waals surface area contributed by atoms with Crippen LogP contribution in [0, 0.1) is 29.1 Å². The lowest BCUT2D eigenvalue weighted by atomic mass is 9.51. The first kappa shape index (κ1) is 28.8. The molecule has 2 saturated carbocycles. The molecular weight excluding hydrogens is 472 g/mol. The maximum absolute atomic E-state index is 13.3. The van der Waals surface area contributed by atoms with E-state index in [1.54, 1.807) is 6.92 Å². The molecule has 2 saturated heterocycles. The number of aliphatic hydroxyl groups excluding tert-OH is 2. The van der Waals surface area contributed by atoms with Gasteiger partial charge < -0.3 is 29.5 Å². The minimum atomic E-state index is -1.43. The van der Waals surface area contributed by atoms with Crippen molar-refractivity contribution in [3.05, 3.63) is 23.8 Å². The minimum Gasteiger partial charge on any atom is -0.459 e. The van der Waals surface area contributed by atoms with Crippen LogP contribution in [0.3, 0.4) is 0 Å². The van der Waals surface area contributed by atoms with Crippen molar-refractivity contribution in [2.45, 2.75) is 116 Å². The zero-order valence-electron chi connectivity index (χ0n) is 23.4. The van der Waals surface area contributed by atoms with E-state index in [1.807, 2.05) is 13.0 Å². The SMILES string of the molecule is C=C1CO[C@@]2(O)[C@H]3O[C@]34[C@H](OC(=O)[C@H](C)[C@H](O)/C(C)=C/C(CO)CCCCCC)CC[C@H](C)[C@@]4(C)C[C@@H]12. The lowest BCUT2D eigenvalue weighted by Gasteiger charge is -2.54. The van der Waals surface area contributed by atoms with Crippen LogP contribution in [-0.2, 0) is 19.0 Å². The summed E-state index contributed by atoms with van der Waals surface area (Å²) < 4.78 is 18.3. The molecule has 37 heavy (non-hydrogen) atoms. The maximum atomic E-state index is 13.3. The molecule has 7 heteroatoms. The van der Waals surface area contributed by atoms with Crippen LogP contribution in [0.1, 0.15) is 86.0 Å². The molecule has 1 unspecified atom stereocenters. The standard InChI is InChI=1S/C30H48O7/c1-7-8-9-10-11-22(16-31)14-18(2)25(32)21(5)26(33)36-24-13-12-20(4)28(6)15-23-19(3)17-35-30(23,34)27-29(24,28)37-27/h14,20-25,27,31-32,34H,3,7-13,15-17H2,1-2,4-6H3/b18-14+/t20-,21+,22?,23-,24+,25+,27-,28+,29+,30+/m0/s1. The van der Waals surface area contributed by atoms with Crippen molar-refractivity contribution in [2.24, 2.45) is 29.1 Å². The molecule has 0 aromatic rings. The highest BCUT2D eigenvalue weighted by atomic mass is 16.7. The van der Waals surface area contributed by atoms with Crippen molar-refractivity contribution in [2.75, 3.05) is 13.2 Å². The fourth-order valence-corrected chi connectivity index (χ4v) is 7.40. The van der Waals surface area contributed by atoms with E-state index in [4.69, 9.17) is 14.2 Å². The Morgan fingerprint density at radius 3 is 2.70 bits per heavy atom. The molecule has 210 valence electrons. The smallest absolute Gasteiger partial charge is 0.312 e. The van der Waals surface area contributed by atoms with E-state index in [-0.39, 0.29) is 23.9 Å². The van der Waals surface area contributed by atoms with Crippen molar-refractivity contribution >= 4 is 5.97 Å². The van der Waals surface area contributed by atoms with Gasteiger partial charge in [-0.05, 0) is 56.6 Å². The molecule has 2 aliphatic carbocycles. The van der Waals surface area contributed by atoms with Gasteiger partial charge in [-0.1, -0.05) is 59.1 Å². The Hall–Kier alpha value is -1.25. The molecule has 10 atom stereocenters. The van der Waals surface area contributed by atoms with Gasteiger partial charge in [-0.3, -0.25) is 4.79 Å². The van der Waals surface area contributed by atoms with Crippen molar-refractivity contribution in [3.8, 4) is 0 Å². The molecule has 1 spiro atoms. The van der Waals surface area contributed by atoms with Crippen LogP contribution >= 0.6 is 0 Å². The summed E-state index contributed by atoms with van der Waals surface area (Å²) in [7, 11) is 0. The third-order valence-electron chi connectivity index (χ3n) is 10.2. The van der Waals surface area contributed by atoms with E-state index in [0.717, 1.165) is 37.7 Å². The summed E-state index contributed by atoms with van der Waals surface area (Å²) in [6, 6.07) is 0. The first-order chi connectivity index (χ1) is 17.5. The van der Waals surface area contributed by atoms with E-state index in [9.17, 15) is 20.1 Å². The third kappa shape index (κ3) is 4.73. The quantitative estimate of drug-likeness (QED) is 0.161. The summed E-state index contributed by atoms with van der Waals surface area (Å²) in [5, 5.41) is 32.2. The second-order valence-corrected chi connectivity index (χ2v) is 12.5. The first-order valence-corrected chi connectivity index (χ1v) is 14.4. The van der Waals surface area contributed by atoms with Crippen LogP contribution in [-0.4, -0.2) is 64.2 Å². The van der Waals surface area contributed by atoms with Gasteiger partial charge in [0.25, 0.3) is 0 Å². The van der Waals surface area contributed by atoms with Crippen LogP contribution in [0.25, 0.3) is 0 Å². The van der Waals surface area contributed by atoms with Gasteiger partial charge in [0.2, 0.25) is 5.79 Å². The summed E-state index contributed by atoms with van der Waals surface area (Å²) in [5.74, 6) is -2.57. The number of aliphatic hydroxyl groups is 3. The first-order valence-electron chi connectivity index (χ1n) is 14.4. The number of epoxide rings is 1. The second kappa shape index (κ2) is 10.7. The predicted molar refractivity (Wildman–Crippen MR) is 140 cm³/mol. The Bertz CT molecular complexity index is 900. The fourth-order valence-electron chi connectivity index (χ4n) is 7.40. The molecule has 2 aliphatic heterocycles. The lowest BCUT2D eigenvalue weighted by molar-refractivity contribution is -0.232. The number of ether oxygens (including phenoxy) is 3. The van der Waals surface area contributed by atoms with E-state index >= 15 is 0 Å². The van der Waals surface area contributed by atoms with Crippen LogP contribution in [0.5, 0.6) is 0 Å². The Kier molecular flexibility index (Phi) is 8.33. The summed E-state index contributed by atoms with van der Waals surface area (Å²) in [5.41, 5.74) is 0.474. The second-order valence-electron chi connectivity index (χ2n) is 12.5. The molecule has 0 bridgehead atoms. The highest BCUT2D eigenvalue weighted by Crippen LogP contribution is 2.72. The fraction of sp³-hybridized carbons (Fsp3) is 0.833. The van der Waals surface area contributed by atoms with Gasteiger partial charge in [-0.2, -0.15) is 0 Å². The third-order valence-corrected chi connectivity index (χ3v) is 10.2. The maximum Gasteiger partial charge on any atom is 0.312 e. The average molecular weight is 521 g/mol. The summed E-state index contributed by atoms with van der Waals surface area (Å²) in [6.45, 7) is 14.5. The van der Waals surface area contributed by atoms with E-state index in [2.05, 4.69) is 27.4 Å². The Morgan fingerprint density at radius 1 is 1.30 bits per heavy atom. The van der Waals surface area contributed by atoms with Crippen molar-refractivity contribution in [1.82, 2.24) is 0 Å². The number of carbonyl (C=O) groups excluding carboxylic acids is 1. The van der Waals surface area contributed by atoms with Gasteiger partial charge in [0.1, 0.15) is 17.8 Å². The van der Waals surface area contributed by atoms with Gasteiger partial charge in [0, 0.05) is 23.9 Å². The van der Waals surface area contributed by atoms with Gasteiger partial charge >= 0.3 is 5.97 Å². The molecular formula is C30H48O7. The zero-order valence-corrected chi connectivity index (χ0v) is 23.4. The predicted octanol–water partition coefficient (Wildman–Crippen LogP) is 4.29. The molecule has 3 N–H and O–H groups in total. The number of hydrogen-bond acceptors (Lipinski definition) is 7. The minimum absolute atomic E-state index is 0.0213. The molecule has 0 amide bonds. The highest BCUT2D eigenvalue weighted by Gasteiger charge is 2.85. The molecule has 7 nitrogen and oxygen atoms in total. The Labute approximate surface area is 222 Å². The zero-order chi connectivity index (χ0) is 27.2.